The molecule has 1 saturated carbocycles. The number of ether oxygens (including phenoxy) is 1. The normalized spacial score (nSPS) is 21.3. The number of rotatable bonds is 6. The van der Waals surface area contributed by atoms with Gasteiger partial charge in [0.2, 0.25) is 0 Å². The third kappa shape index (κ3) is 3.64. The van der Waals surface area contributed by atoms with Gasteiger partial charge in [0.1, 0.15) is 12.2 Å². The molecule has 1 amide bonds. The zero-order chi connectivity index (χ0) is 17.1. The van der Waals surface area contributed by atoms with E-state index < -0.39 is 5.97 Å². The largest absolute Gasteiger partial charge is 0.481 e. The van der Waals surface area contributed by atoms with E-state index in [-0.39, 0.29) is 30.2 Å². The number of hydrogen-bond acceptors (Lipinski definition) is 4. The van der Waals surface area contributed by atoms with Gasteiger partial charge in [-0.2, -0.15) is 0 Å². The van der Waals surface area contributed by atoms with Crippen molar-refractivity contribution >= 4 is 11.9 Å². The maximum Gasteiger partial charge on any atom is 0.311 e. The third-order valence-electron chi connectivity index (χ3n) is 5.03. The van der Waals surface area contributed by atoms with Gasteiger partial charge in [0, 0.05) is 24.8 Å². The number of aryl methyl sites for hydroxylation is 1. The molecule has 2 aliphatic rings. The van der Waals surface area contributed by atoms with Crippen molar-refractivity contribution < 1.29 is 23.8 Å². The summed E-state index contributed by atoms with van der Waals surface area (Å²) in [6.07, 6.45) is 7.57. The fourth-order valence-corrected chi connectivity index (χ4v) is 3.82. The van der Waals surface area contributed by atoms with Crippen molar-refractivity contribution in [2.45, 2.75) is 64.0 Å². The predicted molar refractivity (Wildman–Crippen MR) is 87.1 cm³/mol. The van der Waals surface area contributed by atoms with Crippen LogP contribution in [-0.4, -0.2) is 47.2 Å². The number of carboxylic acid groups (broad SMARTS) is 1. The highest BCUT2D eigenvalue weighted by molar-refractivity contribution is 5.97. The summed E-state index contributed by atoms with van der Waals surface area (Å²) in [5.41, 5.74) is 1.12. The van der Waals surface area contributed by atoms with E-state index in [1.165, 1.54) is 6.26 Å². The van der Waals surface area contributed by atoms with Crippen LogP contribution in [0.3, 0.4) is 0 Å². The first-order chi connectivity index (χ1) is 11.6. The Labute approximate surface area is 141 Å². The summed E-state index contributed by atoms with van der Waals surface area (Å²) < 4.78 is 11.1. The van der Waals surface area contributed by atoms with Gasteiger partial charge < -0.3 is 19.2 Å². The molecule has 1 unspecified atom stereocenters. The van der Waals surface area contributed by atoms with Crippen LogP contribution in [0, 0.1) is 6.92 Å². The molecule has 0 radical (unpaired) electrons. The minimum absolute atomic E-state index is 0.0877. The molecule has 1 N–H and O–H groups in total. The van der Waals surface area contributed by atoms with Crippen LogP contribution in [0.2, 0.25) is 0 Å². The first-order valence-corrected chi connectivity index (χ1v) is 8.77. The first kappa shape index (κ1) is 17.0. The summed E-state index contributed by atoms with van der Waals surface area (Å²) in [7, 11) is 0. The molecule has 6 nitrogen and oxygen atoms in total. The van der Waals surface area contributed by atoms with Gasteiger partial charge in [-0.05, 0) is 32.6 Å². The second kappa shape index (κ2) is 7.38. The molecule has 3 rings (SSSR count). The molecular weight excluding hydrogens is 310 g/mol. The highest BCUT2D eigenvalue weighted by Gasteiger charge is 2.33. The summed E-state index contributed by atoms with van der Waals surface area (Å²) in [5, 5.41) is 9.06. The predicted octanol–water partition coefficient (Wildman–Crippen LogP) is 2.78. The van der Waals surface area contributed by atoms with Crippen molar-refractivity contribution in [2.24, 2.45) is 0 Å². The van der Waals surface area contributed by atoms with E-state index in [9.17, 15) is 9.59 Å². The van der Waals surface area contributed by atoms with Gasteiger partial charge in [0.25, 0.3) is 5.91 Å². The van der Waals surface area contributed by atoms with Crippen LogP contribution in [0.1, 0.15) is 60.2 Å². The topological polar surface area (TPSA) is 80.0 Å². The summed E-state index contributed by atoms with van der Waals surface area (Å²) >= 11 is 0. The monoisotopic (exact) mass is 335 g/mol. The Morgan fingerprint density at radius 3 is 2.62 bits per heavy atom. The zero-order valence-corrected chi connectivity index (χ0v) is 14.1. The number of carboxylic acids is 1. The number of amides is 1. The molecule has 0 bridgehead atoms. The summed E-state index contributed by atoms with van der Waals surface area (Å²) in [5.74, 6) is -0.856. The fourth-order valence-electron chi connectivity index (χ4n) is 3.82. The van der Waals surface area contributed by atoms with Crippen LogP contribution in [0.5, 0.6) is 0 Å². The maximum atomic E-state index is 13.2. The van der Waals surface area contributed by atoms with Crippen molar-refractivity contribution in [3.05, 3.63) is 23.2 Å². The number of aliphatic carboxylic acids is 1. The molecule has 132 valence electrons. The van der Waals surface area contributed by atoms with Gasteiger partial charge in [-0.25, -0.2) is 0 Å². The van der Waals surface area contributed by atoms with E-state index in [0.717, 1.165) is 45.1 Å². The van der Waals surface area contributed by atoms with Gasteiger partial charge in [-0.15, -0.1) is 0 Å². The molecule has 1 atom stereocenters. The molecule has 1 aromatic heterocycles. The van der Waals surface area contributed by atoms with Crippen molar-refractivity contribution in [2.75, 3.05) is 13.2 Å². The lowest BCUT2D eigenvalue weighted by Gasteiger charge is -2.31. The number of carbonyl (C=O) groups excluding carboxylic acids is 1. The van der Waals surface area contributed by atoms with E-state index in [4.69, 9.17) is 14.3 Å². The summed E-state index contributed by atoms with van der Waals surface area (Å²) in [4.78, 5) is 26.2. The average Bonchev–Trinajstić information content (AvgIpc) is 3.26. The SMILES string of the molecule is Cc1coc(CC(=O)O)c1C(=O)N(CC1CCCO1)C1CCCC1. The average molecular weight is 335 g/mol. The van der Waals surface area contributed by atoms with Crippen molar-refractivity contribution in [3.8, 4) is 0 Å². The Balaban J connectivity index is 1.84. The molecule has 2 heterocycles. The van der Waals surface area contributed by atoms with Gasteiger partial charge in [0.05, 0.1) is 17.9 Å². The van der Waals surface area contributed by atoms with Crippen LogP contribution >= 0.6 is 0 Å². The van der Waals surface area contributed by atoms with Crippen LogP contribution in [-0.2, 0) is 16.0 Å². The Kier molecular flexibility index (Phi) is 5.23. The molecule has 6 heteroatoms. The van der Waals surface area contributed by atoms with Gasteiger partial charge in [-0.1, -0.05) is 12.8 Å². The van der Waals surface area contributed by atoms with E-state index in [0.29, 0.717) is 17.7 Å². The Morgan fingerprint density at radius 1 is 1.25 bits per heavy atom. The lowest BCUT2D eigenvalue weighted by Crippen LogP contribution is -2.43. The highest BCUT2D eigenvalue weighted by Crippen LogP contribution is 2.29. The lowest BCUT2D eigenvalue weighted by molar-refractivity contribution is -0.136. The van der Waals surface area contributed by atoms with E-state index in [1.807, 2.05) is 4.90 Å². The maximum absolute atomic E-state index is 13.2. The van der Waals surface area contributed by atoms with Crippen molar-refractivity contribution in [1.82, 2.24) is 4.90 Å². The second-order valence-corrected chi connectivity index (χ2v) is 6.82. The second-order valence-electron chi connectivity index (χ2n) is 6.82. The van der Waals surface area contributed by atoms with Crippen LogP contribution in [0.4, 0.5) is 0 Å². The fraction of sp³-hybridized carbons (Fsp3) is 0.667. The summed E-state index contributed by atoms with van der Waals surface area (Å²) in [6, 6.07) is 0.216. The van der Waals surface area contributed by atoms with Crippen molar-refractivity contribution in [1.29, 1.82) is 0 Å². The van der Waals surface area contributed by atoms with Crippen LogP contribution in [0.15, 0.2) is 10.7 Å². The minimum atomic E-state index is -0.995. The van der Waals surface area contributed by atoms with E-state index in [2.05, 4.69) is 0 Å². The molecule has 24 heavy (non-hydrogen) atoms. The molecule has 1 aliphatic carbocycles. The Hall–Kier alpha value is -1.82. The smallest absolute Gasteiger partial charge is 0.311 e. The zero-order valence-electron chi connectivity index (χ0n) is 14.1. The quantitative estimate of drug-likeness (QED) is 0.864. The van der Waals surface area contributed by atoms with Crippen molar-refractivity contribution in [3.63, 3.8) is 0 Å². The summed E-state index contributed by atoms with van der Waals surface area (Å²) in [6.45, 7) is 3.13. The van der Waals surface area contributed by atoms with E-state index in [1.54, 1.807) is 6.92 Å². The van der Waals surface area contributed by atoms with Gasteiger partial charge in [0.15, 0.2) is 0 Å². The van der Waals surface area contributed by atoms with Crippen LogP contribution < -0.4 is 0 Å². The molecule has 2 fully saturated rings. The molecular formula is C18H25NO5. The molecule has 1 saturated heterocycles. The number of hydrogen-bond donors (Lipinski definition) is 1. The van der Waals surface area contributed by atoms with E-state index >= 15 is 0 Å². The van der Waals surface area contributed by atoms with Gasteiger partial charge in [-0.3, -0.25) is 9.59 Å². The highest BCUT2D eigenvalue weighted by atomic mass is 16.5. The lowest BCUT2D eigenvalue weighted by atomic mass is 10.1. The minimum Gasteiger partial charge on any atom is -0.481 e. The number of carbonyl (C=O) groups is 2. The molecule has 0 spiro atoms. The standard InChI is InChI=1S/C18H25NO5/c1-12-11-24-15(9-16(20)21)17(12)18(22)19(13-5-2-3-6-13)10-14-7-4-8-23-14/h11,13-14H,2-10H2,1H3,(H,20,21). The first-order valence-electron chi connectivity index (χ1n) is 8.77. The third-order valence-corrected chi connectivity index (χ3v) is 5.03. The molecule has 0 aromatic carbocycles. The molecule has 1 aliphatic heterocycles. The Bertz CT molecular complexity index is 597. The van der Waals surface area contributed by atoms with Crippen LogP contribution in [0.25, 0.3) is 0 Å². The number of furan rings is 1. The van der Waals surface area contributed by atoms with Gasteiger partial charge >= 0.3 is 5.97 Å². The number of nitrogens with zero attached hydrogens (tertiary/aromatic N) is 1. The Morgan fingerprint density at radius 2 is 2.00 bits per heavy atom. The molecule has 1 aromatic rings.